The fourth-order valence-electron chi connectivity index (χ4n) is 2.23. The van der Waals surface area contributed by atoms with E-state index in [9.17, 15) is 18.0 Å². The Labute approximate surface area is 138 Å². The lowest BCUT2D eigenvalue weighted by Crippen LogP contribution is -2.03. The largest absolute Gasteiger partial charge is 0.481 e. The van der Waals surface area contributed by atoms with Gasteiger partial charge in [0.05, 0.1) is 29.6 Å². The Morgan fingerprint density at radius 1 is 1.29 bits per heavy atom. The summed E-state index contributed by atoms with van der Waals surface area (Å²) in [4.78, 5) is 14.9. The number of halogens is 3. The van der Waals surface area contributed by atoms with Crippen LogP contribution in [-0.2, 0) is 11.2 Å². The van der Waals surface area contributed by atoms with E-state index in [0.717, 1.165) is 11.3 Å². The molecule has 0 fully saturated rings. The van der Waals surface area contributed by atoms with E-state index in [1.807, 2.05) is 0 Å². The molecule has 1 aromatic carbocycles. The van der Waals surface area contributed by atoms with E-state index in [1.54, 1.807) is 5.38 Å². The highest BCUT2D eigenvalue weighted by Gasteiger charge is 2.22. The molecule has 5 nitrogen and oxygen atoms in total. The summed E-state index contributed by atoms with van der Waals surface area (Å²) in [6.07, 6.45) is 0.986. The Kier molecular flexibility index (Phi) is 4.34. The Morgan fingerprint density at radius 2 is 2.00 bits per heavy atom. The molecule has 2 heterocycles. The third-order valence-electron chi connectivity index (χ3n) is 3.21. The molecule has 0 aliphatic rings. The summed E-state index contributed by atoms with van der Waals surface area (Å²) in [6.45, 7) is -2.88. The van der Waals surface area contributed by atoms with Gasteiger partial charge in [0.2, 0.25) is 0 Å². The highest BCUT2D eigenvalue weighted by Crippen LogP contribution is 2.36. The molecule has 0 saturated heterocycles. The fourth-order valence-corrected chi connectivity index (χ4v) is 3.06. The van der Waals surface area contributed by atoms with Gasteiger partial charge in [0.1, 0.15) is 10.8 Å². The maximum Gasteiger partial charge on any atom is 0.333 e. The van der Waals surface area contributed by atoms with Gasteiger partial charge in [0.15, 0.2) is 0 Å². The van der Waals surface area contributed by atoms with Crippen LogP contribution >= 0.6 is 11.3 Å². The monoisotopic (exact) mass is 353 g/mol. The van der Waals surface area contributed by atoms with Crippen LogP contribution in [0, 0.1) is 5.82 Å². The third kappa shape index (κ3) is 3.16. The molecule has 0 radical (unpaired) electrons. The molecule has 124 valence electrons. The molecule has 0 unspecified atom stereocenters. The number of hydrogen-bond donors (Lipinski definition) is 1. The number of aromatic nitrogens is 3. The Morgan fingerprint density at radius 3 is 2.62 bits per heavy atom. The first-order valence-corrected chi connectivity index (χ1v) is 7.62. The van der Waals surface area contributed by atoms with Crippen LogP contribution in [0.4, 0.5) is 13.2 Å². The average molecular weight is 353 g/mol. The van der Waals surface area contributed by atoms with Crippen LogP contribution in [0.15, 0.2) is 35.8 Å². The van der Waals surface area contributed by atoms with E-state index in [0.29, 0.717) is 26.5 Å². The summed E-state index contributed by atoms with van der Waals surface area (Å²) in [6, 6.07) is 5.08. The lowest BCUT2D eigenvalue weighted by Gasteiger charge is -2.08. The molecule has 0 aliphatic carbocycles. The number of alkyl halides is 2. The zero-order valence-electron chi connectivity index (χ0n) is 12.0. The summed E-state index contributed by atoms with van der Waals surface area (Å²) in [5.41, 5.74) is 1.13. The van der Waals surface area contributed by atoms with Crippen molar-refractivity contribution in [3.8, 4) is 21.8 Å². The number of carboxylic acids is 1. The van der Waals surface area contributed by atoms with Crippen molar-refractivity contribution in [2.75, 3.05) is 0 Å². The molecule has 24 heavy (non-hydrogen) atoms. The van der Waals surface area contributed by atoms with E-state index in [1.165, 1.54) is 30.5 Å². The van der Waals surface area contributed by atoms with Gasteiger partial charge < -0.3 is 5.11 Å². The molecule has 0 saturated carbocycles. The number of nitrogens with zero attached hydrogens (tertiary/aromatic N) is 3. The standard InChI is InChI=1S/C15H10F3N3O2S/c16-9-3-1-8(2-4-9)13-11(6-19-21(13)15(17)18)14-20-10(7-24-14)5-12(22)23/h1-4,6-7,15H,5H2,(H,22,23). The highest BCUT2D eigenvalue weighted by molar-refractivity contribution is 7.13. The van der Waals surface area contributed by atoms with Crippen molar-refractivity contribution in [2.24, 2.45) is 0 Å². The number of carboxylic acid groups (broad SMARTS) is 1. The van der Waals surface area contributed by atoms with E-state index in [-0.39, 0.29) is 12.1 Å². The molecule has 2 aromatic heterocycles. The van der Waals surface area contributed by atoms with Crippen molar-refractivity contribution >= 4 is 17.3 Å². The molecule has 0 aliphatic heterocycles. The summed E-state index contributed by atoms with van der Waals surface area (Å²) < 4.78 is 40.1. The lowest BCUT2D eigenvalue weighted by atomic mass is 10.1. The number of carbonyl (C=O) groups is 1. The first kappa shape index (κ1) is 16.2. The fraction of sp³-hybridized carbons (Fsp3) is 0.133. The summed E-state index contributed by atoms with van der Waals surface area (Å²) in [7, 11) is 0. The molecule has 9 heteroatoms. The van der Waals surface area contributed by atoms with Crippen molar-refractivity contribution in [3.63, 3.8) is 0 Å². The minimum Gasteiger partial charge on any atom is -0.481 e. The normalized spacial score (nSPS) is 11.2. The van der Waals surface area contributed by atoms with Crippen molar-refractivity contribution in [1.82, 2.24) is 14.8 Å². The topological polar surface area (TPSA) is 68.0 Å². The number of aliphatic carboxylic acids is 1. The van der Waals surface area contributed by atoms with Crippen LogP contribution in [0.1, 0.15) is 12.2 Å². The van der Waals surface area contributed by atoms with Crippen molar-refractivity contribution in [1.29, 1.82) is 0 Å². The van der Waals surface area contributed by atoms with Crippen LogP contribution in [0.2, 0.25) is 0 Å². The molecule has 1 N–H and O–H groups in total. The van der Waals surface area contributed by atoms with Gasteiger partial charge in [-0.2, -0.15) is 13.9 Å². The van der Waals surface area contributed by atoms with Gasteiger partial charge in [-0.15, -0.1) is 11.3 Å². The van der Waals surface area contributed by atoms with Crippen molar-refractivity contribution < 1.29 is 23.1 Å². The maximum absolute atomic E-state index is 13.2. The van der Waals surface area contributed by atoms with Gasteiger partial charge >= 0.3 is 12.5 Å². The molecule has 0 amide bonds. The van der Waals surface area contributed by atoms with Crippen LogP contribution in [-0.4, -0.2) is 25.8 Å². The van der Waals surface area contributed by atoms with Gasteiger partial charge in [-0.3, -0.25) is 4.79 Å². The minimum absolute atomic E-state index is 0.0984. The van der Waals surface area contributed by atoms with E-state index < -0.39 is 18.3 Å². The van der Waals surface area contributed by atoms with Gasteiger partial charge in [0.25, 0.3) is 0 Å². The smallest absolute Gasteiger partial charge is 0.333 e. The predicted molar refractivity (Wildman–Crippen MR) is 81.3 cm³/mol. The lowest BCUT2D eigenvalue weighted by molar-refractivity contribution is -0.136. The quantitative estimate of drug-likeness (QED) is 0.757. The zero-order chi connectivity index (χ0) is 17.3. The number of hydrogen-bond acceptors (Lipinski definition) is 4. The SMILES string of the molecule is O=C(O)Cc1csc(-c2cnn(C(F)F)c2-c2ccc(F)cc2)n1. The van der Waals surface area contributed by atoms with Crippen LogP contribution in [0.5, 0.6) is 0 Å². The third-order valence-corrected chi connectivity index (χ3v) is 4.14. The molecule has 3 rings (SSSR count). The molecule has 0 bridgehead atoms. The highest BCUT2D eigenvalue weighted by atomic mass is 32.1. The van der Waals surface area contributed by atoms with E-state index >= 15 is 0 Å². The Balaban J connectivity index is 2.10. The molecular formula is C15H10F3N3O2S. The Bertz CT molecular complexity index is 874. The van der Waals surface area contributed by atoms with E-state index in [4.69, 9.17) is 5.11 Å². The number of benzene rings is 1. The maximum atomic E-state index is 13.2. The molecular weight excluding hydrogens is 343 g/mol. The molecule has 0 spiro atoms. The number of thiazole rings is 1. The minimum atomic E-state index is -2.88. The summed E-state index contributed by atoms with van der Waals surface area (Å²) in [5.74, 6) is -1.52. The second-order valence-electron chi connectivity index (χ2n) is 4.85. The summed E-state index contributed by atoms with van der Waals surface area (Å²) in [5, 5.41) is 14.4. The van der Waals surface area contributed by atoms with Gasteiger partial charge in [0, 0.05) is 10.9 Å². The summed E-state index contributed by atoms with van der Waals surface area (Å²) >= 11 is 1.13. The van der Waals surface area contributed by atoms with E-state index in [2.05, 4.69) is 10.1 Å². The first-order valence-electron chi connectivity index (χ1n) is 6.74. The first-order chi connectivity index (χ1) is 11.5. The Hall–Kier alpha value is -2.68. The van der Waals surface area contributed by atoms with Crippen LogP contribution in [0.3, 0.4) is 0 Å². The van der Waals surface area contributed by atoms with Crippen LogP contribution in [0.25, 0.3) is 21.8 Å². The van der Waals surface area contributed by atoms with Crippen molar-refractivity contribution in [2.45, 2.75) is 13.0 Å². The van der Waals surface area contributed by atoms with Gasteiger partial charge in [-0.25, -0.2) is 14.1 Å². The van der Waals surface area contributed by atoms with Crippen LogP contribution < -0.4 is 0 Å². The van der Waals surface area contributed by atoms with Gasteiger partial charge in [-0.05, 0) is 24.3 Å². The number of rotatable bonds is 5. The second-order valence-corrected chi connectivity index (χ2v) is 5.71. The molecule has 0 atom stereocenters. The predicted octanol–water partition coefficient (Wildman–Crippen LogP) is 3.83. The second kappa shape index (κ2) is 6.44. The zero-order valence-corrected chi connectivity index (χ0v) is 12.8. The van der Waals surface area contributed by atoms with Gasteiger partial charge in [-0.1, -0.05) is 0 Å². The molecule has 3 aromatic rings. The average Bonchev–Trinajstić information content (AvgIpc) is 3.13. The van der Waals surface area contributed by atoms with Crippen molar-refractivity contribution in [3.05, 3.63) is 47.4 Å².